The Morgan fingerprint density at radius 2 is 2.18 bits per heavy atom. The maximum Gasteiger partial charge on any atom is 0.109 e. The summed E-state index contributed by atoms with van der Waals surface area (Å²) < 4.78 is 15.6. The lowest BCUT2D eigenvalue weighted by molar-refractivity contribution is 0.423. The van der Waals surface area contributed by atoms with Gasteiger partial charge in [0.15, 0.2) is 0 Å². The Labute approximate surface area is 99.2 Å². The summed E-state index contributed by atoms with van der Waals surface area (Å²) in [7, 11) is 1.88. The third-order valence-electron chi connectivity index (χ3n) is 2.64. The molecule has 0 unspecified atom stereocenters. The summed E-state index contributed by atoms with van der Waals surface area (Å²) in [6.45, 7) is 2.52. The molecule has 0 aliphatic carbocycles. The number of hydrogen-bond acceptors (Lipinski definition) is 3. The quantitative estimate of drug-likeness (QED) is 0.857. The topological polar surface area (TPSA) is 47.7 Å². The first-order chi connectivity index (χ1) is 8.20. The molecule has 0 amide bonds. The van der Waals surface area contributed by atoms with Crippen molar-refractivity contribution in [3.05, 3.63) is 29.8 Å². The predicted molar refractivity (Wildman–Crippen MR) is 63.5 cm³/mol. The lowest BCUT2D eigenvalue weighted by atomic mass is 10.3. The van der Waals surface area contributed by atoms with E-state index in [4.69, 9.17) is 0 Å². The van der Waals surface area contributed by atoms with E-state index in [-0.39, 0.29) is 0 Å². The standard InChI is InChI=1S/C11H16FN5/c1-9-11(7-15-17(9)4-3-12)13-5-10-6-14-16(2)8-10/h6-8,13H,3-5H2,1-2H3. The molecule has 0 atom stereocenters. The largest absolute Gasteiger partial charge is 0.378 e. The second-order valence-electron chi connectivity index (χ2n) is 3.93. The average Bonchev–Trinajstić information content (AvgIpc) is 2.86. The zero-order valence-corrected chi connectivity index (χ0v) is 10.0. The molecule has 0 aliphatic heterocycles. The van der Waals surface area contributed by atoms with Gasteiger partial charge in [-0.3, -0.25) is 9.36 Å². The number of nitrogens with zero attached hydrogens (tertiary/aromatic N) is 4. The molecule has 0 fully saturated rings. The van der Waals surface area contributed by atoms with Gasteiger partial charge in [-0.2, -0.15) is 10.2 Å². The van der Waals surface area contributed by atoms with Crippen LogP contribution in [0.4, 0.5) is 10.1 Å². The highest BCUT2D eigenvalue weighted by molar-refractivity contribution is 5.46. The normalized spacial score (nSPS) is 10.8. The third-order valence-corrected chi connectivity index (χ3v) is 2.64. The SMILES string of the molecule is Cc1c(NCc2cnn(C)c2)cnn1CCF. The Kier molecular flexibility index (Phi) is 3.41. The monoisotopic (exact) mass is 237 g/mol. The first-order valence-electron chi connectivity index (χ1n) is 5.50. The number of aromatic nitrogens is 4. The molecule has 92 valence electrons. The van der Waals surface area contributed by atoms with Crippen LogP contribution in [0.5, 0.6) is 0 Å². The van der Waals surface area contributed by atoms with Crippen molar-refractivity contribution in [3.8, 4) is 0 Å². The number of anilines is 1. The van der Waals surface area contributed by atoms with E-state index in [1.165, 1.54) is 0 Å². The van der Waals surface area contributed by atoms with Crippen LogP contribution in [0.1, 0.15) is 11.3 Å². The van der Waals surface area contributed by atoms with E-state index in [1.54, 1.807) is 15.6 Å². The molecule has 0 bridgehead atoms. The van der Waals surface area contributed by atoms with E-state index >= 15 is 0 Å². The molecule has 2 rings (SSSR count). The fourth-order valence-electron chi connectivity index (χ4n) is 1.69. The molecule has 6 heteroatoms. The third kappa shape index (κ3) is 2.64. The predicted octanol–water partition coefficient (Wildman–Crippen LogP) is 1.51. The summed E-state index contributed by atoms with van der Waals surface area (Å²) >= 11 is 0. The van der Waals surface area contributed by atoms with Crippen LogP contribution in [0.3, 0.4) is 0 Å². The van der Waals surface area contributed by atoms with Crippen LogP contribution in [0, 0.1) is 6.92 Å². The minimum Gasteiger partial charge on any atom is -0.378 e. The van der Waals surface area contributed by atoms with Crippen LogP contribution in [0.15, 0.2) is 18.6 Å². The van der Waals surface area contributed by atoms with E-state index in [9.17, 15) is 4.39 Å². The Morgan fingerprint density at radius 1 is 1.35 bits per heavy atom. The molecule has 2 heterocycles. The van der Waals surface area contributed by atoms with Crippen LogP contribution >= 0.6 is 0 Å². The van der Waals surface area contributed by atoms with Crippen molar-refractivity contribution in [2.45, 2.75) is 20.0 Å². The lowest BCUT2D eigenvalue weighted by Gasteiger charge is -2.04. The van der Waals surface area contributed by atoms with Gasteiger partial charge in [-0.05, 0) is 6.92 Å². The maximum atomic E-state index is 12.2. The Balaban J connectivity index is 1.99. The molecule has 2 aromatic rings. The molecule has 0 spiro atoms. The van der Waals surface area contributed by atoms with Crippen molar-refractivity contribution in [1.29, 1.82) is 0 Å². The van der Waals surface area contributed by atoms with Gasteiger partial charge >= 0.3 is 0 Å². The minimum atomic E-state index is -0.398. The van der Waals surface area contributed by atoms with Crippen LogP contribution < -0.4 is 5.32 Å². The Hall–Kier alpha value is -1.85. The minimum absolute atomic E-state index is 0.306. The van der Waals surface area contributed by atoms with Crippen LogP contribution in [-0.4, -0.2) is 26.2 Å². The first-order valence-corrected chi connectivity index (χ1v) is 5.50. The van der Waals surface area contributed by atoms with Crippen molar-refractivity contribution in [2.24, 2.45) is 7.05 Å². The van der Waals surface area contributed by atoms with Crippen molar-refractivity contribution < 1.29 is 4.39 Å². The van der Waals surface area contributed by atoms with E-state index in [2.05, 4.69) is 15.5 Å². The van der Waals surface area contributed by atoms with E-state index in [0.717, 1.165) is 16.9 Å². The zero-order chi connectivity index (χ0) is 12.3. The van der Waals surface area contributed by atoms with Gasteiger partial charge in [-0.1, -0.05) is 0 Å². The molecule has 17 heavy (non-hydrogen) atoms. The summed E-state index contributed by atoms with van der Waals surface area (Å²) in [6, 6.07) is 0. The molecule has 0 saturated carbocycles. The molecule has 0 saturated heterocycles. The van der Waals surface area contributed by atoms with Crippen LogP contribution in [0.2, 0.25) is 0 Å². The van der Waals surface area contributed by atoms with Crippen LogP contribution in [-0.2, 0) is 20.1 Å². The lowest BCUT2D eigenvalue weighted by Crippen LogP contribution is -2.05. The summed E-state index contributed by atoms with van der Waals surface area (Å²) in [5, 5.41) is 11.5. The molecule has 0 aromatic carbocycles. The van der Waals surface area contributed by atoms with Gasteiger partial charge in [0, 0.05) is 25.4 Å². The van der Waals surface area contributed by atoms with Gasteiger partial charge in [0.05, 0.1) is 30.3 Å². The molecule has 5 nitrogen and oxygen atoms in total. The number of aryl methyl sites for hydroxylation is 2. The van der Waals surface area contributed by atoms with Gasteiger partial charge in [0.25, 0.3) is 0 Å². The van der Waals surface area contributed by atoms with Gasteiger partial charge in [-0.15, -0.1) is 0 Å². The van der Waals surface area contributed by atoms with E-state index < -0.39 is 6.67 Å². The second-order valence-corrected chi connectivity index (χ2v) is 3.93. The summed E-state index contributed by atoms with van der Waals surface area (Å²) in [5.74, 6) is 0. The molecular formula is C11H16FN5. The summed E-state index contributed by atoms with van der Waals surface area (Å²) in [6.07, 6.45) is 5.49. The van der Waals surface area contributed by atoms with Gasteiger partial charge in [0.1, 0.15) is 6.67 Å². The molecule has 0 aliphatic rings. The highest BCUT2D eigenvalue weighted by Gasteiger charge is 2.05. The number of rotatable bonds is 5. The van der Waals surface area contributed by atoms with Crippen molar-refractivity contribution in [2.75, 3.05) is 12.0 Å². The fourth-order valence-corrected chi connectivity index (χ4v) is 1.69. The summed E-state index contributed by atoms with van der Waals surface area (Å²) in [4.78, 5) is 0. The number of halogens is 1. The molecule has 1 N–H and O–H groups in total. The maximum absolute atomic E-state index is 12.2. The van der Waals surface area contributed by atoms with Crippen molar-refractivity contribution in [3.63, 3.8) is 0 Å². The van der Waals surface area contributed by atoms with Crippen molar-refractivity contribution >= 4 is 5.69 Å². The zero-order valence-electron chi connectivity index (χ0n) is 10.0. The second kappa shape index (κ2) is 4.99. The smallest absolute Gasteiger partial charge is 0.109 e. The molecule has 2 aromatic heterocycles. The number of hydrogen-bond donors (Lipinski definition) is 1. The van der Waals surface area contributed by atoms with E-state index in [1.807, 2.05) is 26.4 Å². The van der Waals surface area contributed by atoms with Gasteiger partial charge in [0.2, 0.25) is 0 Å². The number of alkyl halides is 1. The summed E-state index contributed by atoms with van der Waals surface area (Å²) in [5.41, 5.74) is 2.99. The van der Waals surface area contributed by atoms with Crippen molar-refractivity contribution in [1.82, 2.24) is 19.6 Å². The Bertz CT molecular complexity index is 488. The van der Waals surface area contributed by atoms with Crippen LogP contribution in [0.25, 0.3) is 0 Å². The average molecular weight is 237 g/mol. The highest BCUT2D eigenvalue weighted by atomic mass is 19.1. The number of nitrogens with one attached hydrogen (secondary N) is 1. The molecule has 0 radical (unpaired) electrons. The van der Waals surface area contributed by atoms with E-state index in [0.29, 0.717) is 13.1 Å². The Morgan fingerprint density at radius 3 is 2.82 bits per heavy atom. The molecular weight excluding hydrogens is 221 g/mol. The van der Waals surface area contributed by atoms with Gasteiger partial charge < -0.3 is 5.32 Å². The fraction of sp³-hybridized carbons (Fsp3) is 0.455. The van der Waals surface area contributed by atoms with Gasteiger partial charge in [-0.25, -0.2) is 4.39 Å². The first kappa shape index (κ1) is 11.6. The highest BCUT2D eigenvalue weighted by Crippen LogP contribution is 2.14.